The van der Waals surface area contributed by atoms with E-state index in [9.17, 15) is 5.11 Å². The van der Waals surface area contributed by atoms with Gasteiger partial charge >= 0.3 is 0 Å². The SMILES string of the molecule is CCCCc1sc(Nc2ccc(CCNc3nc4ccccc4s3)cc2)nc1O. The van der Waals surface area contributed by atoms with Crippen molar-refractivity contribution in [1.29, 1.82) is 0 Å². The summed E-state index contributed by atoms with van der Waals surface area (Å²) in [5.74, 6) is 0.156. The highest BCUT2D eigenvalue weighted by Gasteiger charge is 2.10. The molecule has 4 rings (SSSR count). The van der Waals surface area contributed by atoms with Crippen molar-refractivity contribution in [3.63, 3.8) is 0 Å². The fourth-order valence-corrected chi connectivity index (χ4v) is 4.85. The zero-order valence-corrected chi connectivity index (χ0v) is 17.9. The summed E-state index contributed by atoms with van der Waals surface area (Å²) < 4.78 is 1.21. The van der Waals surface area contributed by atoms with Crippen LogP contribution in [0.15, 0.2) is 48.5 Å². The molecule has 0 saturated heterocycles. The summed E-state index contributed by atoms with van der Waals surface area (Å²) in [6.45, 7) is 2.99. The van der Waals surface area contributed by atoms with Crippen molar-refractivity contribution >= 4 is 48.8 Å². The molecule has 0 amide bonds. The Morgan fingerprint density at radius 3 is 2.55 bits per heavy atom. The van der Waals surface area contributed by atoms with Gasteiger partial charge in [-0.15, -0.1) is 0 Å². The molecule has 0 radical (unpaired) electrons. The summed E-state index contributed by atoms with van der Waals surface area (Å²) in [6.07, 6.45) is 3.97. The number of aromatic hydroxyl groups is 1. The van der Waals surface area contributed by atoms with Crippen LogP contribution in [0, 0.1) is 0 Å². The zero-order valence-electron chi connectivity index (χ0n) is 16.3. The molecule has 0 aliphatic carbocycles. The standard InChI is InChI=1S/C22H24N4OS2/c1-2-3-7-19-20(27)26-22(29-19)24-16-11-9-15(10-12-16)13-14-23-21-25-17-6-4-5-8-18(17)28-21/h4-6,8-12,27H,2-3,7,13-14H2,1H3,(H,23,25)(H,24,26). The van der Waals surface area contributed by atoms with Crippen LogP contribution in [0.5, 0.6) is 5.88 Å². The van der Waals surface area contributed by atoms with Gasteiger partial charge < -0.3 is 15.7 Å². The van der Waals surface area contributed by atoms with Gasteiger partial charge in [0.2, 0.25) is 5.88 Å². The summed E-state index contributed by atoms with van der Waals surface area (Å²) in [6, 6.07) is 16.5. The monoisotopic (exact) mass is 424 g/mol. The van der Waals surface area contributed by atoms with E-state index in [1.165, 1.54) is 21.6 Å². The molecule has 0 unspecified atom stereocenters. The number of thiazole rings is 2. The van der Waals surface area contributed by atoms with Crippen molar-refractivity contribution in [2.45, 2.75) is 32.6 Å². The average Bonchev–Trinajstić information content (AvgIpc) is 3.30. The third kappa shape index (κ3) is 5.05. The molecule has 7 heteroatoms. The maximum Gasteiger partial charge on any atom is 0.227 e. The van der Waals surface area contributed by atoms with Crippen LogP contribution in [0.1, 0.15) is 30.2 Å². The Labute approximate surface area is 178 Å². The van der Waals surface area contributed by atoms with E-state index in [1.54, 1.807) is 11.3 Å². The zero-order chi connectivity index (χ0) is 20.1. The van der Waals surface area contributed by atoms with Gasteiger partial charge in [0, 0.05) is 12.2 Å². The number of nitrogens with zero attached hydrogens (tertiary/aromatic N) is 2. The van der Waals surface area contributed by atoms with Crippen molar-refractivity contribution in [2.24, 2.45) is 0 Å². The average molecular weight is 425 g/mol. The van der Waals surface area contributed by atoms with Gasteiger partial charge in [0.25, 0.3) is 0 Å². The molecule has 0 bridgehead atoms. The number of aryl methyl sites for hydroxylation is 1. The van der Waals surface area contributed by atoms with Crippen molar-refractivity contribution in [1.82, 2.24) is 9.97 Å². The van der Waals surface area contributed by atoms with Crippen LogP contribution in [0.3, 0.4) is 0 Å². The van der Waals surface area contributed by atoms with E-state index in [0.29, 0.717) is 0 Å². The maximum absolute atomic E-state index is 9.97. The largest absolute Gasteiger partial charge is 0.492 e. The van der Waals surface area contributed by atoms with Crippen molar-refractivity contribution in [2.75, 3.05) is 17.2 Å². The number of rotatable bonds is 9. The Bertz CT molecular complexity index is 1040. The minimum absolute atomic E-state index is 0.156. The van der Waals surface area contributed by atoms with Crippen LogP contribution in [0.2, 0.25) is 0 Å². The van der Waals surface area contributed by atoms with Gasteiger partial charge in [0.05, 0.1) is 15.1 Å². The summed E-state index contributed by atoms with van der Waals surface area (Å²) in [5.41, 5.74) is 3.28. The fourth-order valence-electron chi connectivity index (χ4n) is 3.04. The number of hydrogen-bond donors (Lipinski definition) is 3. The molecule has 29 heavy (non-hydrogen) atoms. The summed E-state index contributed by atoms with van der Waals surface area (Å²) >= 11 is 3.21. The third-order valence-corrected chi connectivity index (χ3v) is 6.64. The van der Waals surface area contributed by atoms with E-state index in [0.717, 1.165) is 58.6 Å². The van der Waals surface area contributed by atoms with Gasteiger partial charge in [-0.25, -0.2) is 4.98 Å². The maximum atomic E-state index is 9.97. The second-order valence-electron chi connectivity index (χ2n) is 6.85. The first-order valence-electron chi connectivity index (χ1n) is 9.85. The first-order chi connectivity index (χ1) is 14.2. The molecular weight excluding hydrogens is 400 g/mol. The van der Waals surface area contributed by atoms with E-state index in [4.69, 9.17) is 0 Å². The summed E-state index contributed by atoms with van der Waals surface area (Å²) in [4.78, 5) is 9.78. The summed E-state index contributed by atoms with van der Waals surface area (Å²) in [7, 11) is 0. The number of unbranched alkanes of at least 4 members (excludes halogenated alkanes) is 1. The van der Waals surface area contributed by atoms with E-state index < -0.39 is 0 Å². The normalized spacial score (nSPS) is 11.1. The lowest BCUT2D eigenvalue weighted by molar-refractivity contribution is 0.451. The van der Waals surface area contributed by atoms with Crippen LogP contribution in [0.4, 0.5) is 16.0 Å². The minimum atomic E-state index is 0.156. The number of nitrogens with one attached hydrogen (secondary N) is 2. The van der Waals surface area contributed by atoms with Crippen molar-refractivity contribution < 1.29 is 5.11 Å². The second-order valence-corrected chi connectivity index (χ2v) is 8.97. The van der Waals surface area contributed by atoms with Crippen LogP contribution in [-0.4, -0.2) is 21.6 Å². The Kier molecular flexibility index (Phi) is 6.27. The third-order valence-electron chi connectivity index (χ3n) is 4.62. The first kappa shape index (κ1) is 19.7. The molecule has 0 aliphatic heterocycles. The van der Waals surface area contributed by atoms with E-state index in [1.807, 2.05) is 18.2 Å². The quantitative estimate of drug-likeness (QED) is 0.298. The number of benzene rings is 2. The highest BCUT2D eigenvalue weighted by molar-refractivity contribution is 7.22. The minimum Gasteiger partial charge on any atom is -0.492 e. The highest BCUT2D eigenvalue weighted by Crippen LogP contribution is 2.31. The fraction of sp³-hybridized carbons (Fsp3) is 0.273. The molecule has 2 aromatic heterocycles. The van der Waals surface area contributed by atoms with Gasteiger partial charge in [-0.05, 0) is 49.1 Å². The Hall–Kier alpha value is -2.64. The summed E-state index contributed by atoms with van der Waals surface area (Å²) in [5, 5.41) is 18.4. The van der Waals surface area contributed by atoms with E-state index in [2.05, 4.69) is 57.9 Å². The van der Waals surface area contributed by atoms with Crippen molar-refractivity contribution in [3.05, 3.63) is 59.0 Å². The lowest BCUT2D eigenvalue weighted by Gasteiger charge is -2.06. The van der Waals surface area contributed by atoms with E-state index in [-0.39, 0.29) is 5.88 Å². The van der Waals surface area contributed by atoms with Gasteiger partial charge in [-0.1, -0.05) is 60.3 Å². The van der Waals surface area contributed by atoms with Gasteiger partial charge in [0.1, 0.15) is 0 Å². The highest BCUT2D eigenvalue weighted by atomic mass is 32.1. The van der Waals surface area contributed by atoms with Crippen LogP contribution in [0.25, 0.3) is 10.2 Å². The molecule has 0 fully saturated rings. The smallest absolute Gasteiger partial charge is 0.227 e. The number of fused-ring (bicyclic) bond motifs is 1. The number of anilines is 3. The van der Waals surface area contributed by atoms with Crippen LogP contribution < -0.4 is 10.6 Å². The van der Waals surface area contributed by atoms with Crippen LogP contribution >= 0.6 is 22.7 Å². The first-order valence-corrected chi connectivity index (χ1v) is 11.5. The predicted octanol–water partition coefficient (Wildman–Crippen LogP) is 6.20. The second kappa shape index (κ2) is 9.24. The molecule has 150 valence electrons. The molecule has 5 nitrogen and oxygen atoms in total. The Morgan fingerprint density at radius 2 is 1.76 bits per heavy atom. The molecule has 0 atom stereocenters. The lowest BCUT2D eigenvalue weighted by atomic mass is 10.1. The molecule has 2 heterocycles. The van der Waals surface area contributed by atoms with Gasteiger partial charge in [-0.3, -0.25) is 0 Å². The molecule has 0 aliphatic rings. The molecule has 0 saturated carbocycles. The molecule has 3 N–H and O–H groups in total. The van der Waals surface area contributed by atoms with Crippen molar-refractivity contribution in [3.8, 4) is 5.88 Å². The number of hydrogen-bond acceptors (Lipinski definition) is 7. The van der Waals surface area contributed by atoms with E-state index >= 15 is 0 Å². The van der Waals surface area contributed by atoms with Gasteiger partial charge in [-0.2, -0.15) is 4.98 Å². The Morgan fingerprint density at radius 1 is 0.931 bits per heavy atom. The molecule has 4 aromatic rings. The van der Waals surface area contributed by atoms with Crippen LogP contribution in [-0.2, 0) is 12.8 Å². The number of para-hydroxylation sites is 1. The molecule has 2 aromatic carbocycles. The predicted molar refractivity (Wildman–Crippen MR) is 124 cm³/mol. The molecule has 0 spiro atoms. The lowest BCUT2D eigenvalue weighted by Crippen LogP contribution is -2.04. The topological polar surface area (TPSA) is 70.1 Å². The Balaban J connectivity index is 1.29. The van der Waals surface area contributed by atoms with Gasteiger partial charge in [0.15, 0.2) is 10.3 Å². The molecular formula is C22H24N4OS2. The number of aromatic nitrogens is 2.